The molecule has 6 nitrogen and oxygen atoms in total. The fourth-order valence-electron chi connectivity index (χ4n) is 1.92. The second-order valence-corrected chi connectivity index (χ2v) is 4.91. The van der Waals surface area contributed by atoms with Crippen LogP contribution in [0, 0.1) is 0 Å². The van der Waals surface area contributed by atoms with Crippen molar-refractivity contribution in [2.24, 2.45) is 0 Å². The first kappa shape index (κ1) is 18.8. The number of carbonyl (C=O) groups is 2. The number of ether oxygens (including phenoxy) is 4. The number of hydrogen-bond acceptors (Lipinski definition) is 6. The van der Waals surface area contributed by atoms with Gasteiger partial charge >= 0.3 is 11.9 Å². The second kappa shape index (κ2) is 9.68. The lowest BCUT2D eigenvalue weighted by Crippen LogP contribution is -2.07. The van der Waals surface area contributed by atoms with Crippen molar-refractivity contribution >= 4 is 11.9 Å². The summed E-state index contributed by atoms with van der Waals surface area (Å²) in [6, 6.07) is 14.6. The Bertz CT molecular complexity index is 694. The molecule has 2 aromatic carbocycles. The highest BCUT2D eigenvalue weighted by molar-refractivity contribution is 5.81. The molecule has 0 saturated heterocycles. The third-order valence-electron chi connectivity index (χ3n) is 3.23. The molecule has 0 spiro atoms. The maximum Gasteiger partial charge on any atom is 0.333 e. The number of esters is 2. The van der Waals surface area contributed by atoms with Crippen LogP contribution in [-0.4, -0.2) is 25.5 Å². The molecule has 0 unspecified atom stereocenters. The van der Waals surface area contributed by atoms with Gasteiger partial charge in [0.1, 0.15) is 11.5 Å². The van der Waals surface area contributed by atoms with Gasteiger partial charge in [-0.1, -0.05) is 37.4 Å². The zero-order valence-corrected chi connectivity index (χ0v) is 14.1. The fraction of sp³-hybridized carbons (Fsp3) is 0.100. The molecular weight excluding hydrogens is 336 g/mol. The average Bonchev–Trinajstić information content (AvgIpc) is 2.68. The van der Waals surface area contributed by atoms with E-state index in [0.29, 0.717) is 11.5 Å². The largest absolute Gasteiger partial charge is 0.457 e. The van der Waals surface area contributed by atoms with Crippen LogP contribution in [0.15, 0.2) is 73.8 Å². The van der Waals surface area contributed by atoms with Gasteiger partial charge in [-0.05, 0) is 35.4 Å². The van der Waals surface area contributed by atoms with Gasteiger partial charge in [0.15, 0.2) is 0 Å². The highest BCUT2D eigenvalue weighted by Crippen LogP contribution is 2.24. The molecule has 0 amide bonds. The molecule has 6 heteroatoms. The maximum absolute atomic E-state index is 10.9. The third kappa shape index (κ3) is 5.83. The zero-order chi connectivity index (χ0) is 18.8. The van der Waals surface area contributed by atoms with Gasteiger partial charge in [-0.15, -0.1) is 0 Å². The van der Waals surface area contributed by atoms with E-state index in [9.17, 15) is 9.59 Å². The highest BCUT2D eigenvalue weighted by atomic mass is 16.7. The normalized spacial score (nSPS) is 9.69. The Morgan fingerprint density at radius 3 is 1.35 bits per heavy atom. The first-order chi connectivity index (χ1) is 12.6. The van der Waals surface area contributed by atoms with E-state index in [1.54, 1.807) is 24.3 Å². The summed E-state index contributed by atoms with van der Waals surface area (Å²) in [5.41, 5.74) is 1.95. The Hall–Kier alpha value is -3.54. The summed E-state index contributed by atoms with van der Waals surface area (Å²) in [5, 5.41) is 0. The minimum atomic E-state index is -0.539. The predicted molar refractivity (Wildman–Crippen MR) is 95.4 cm³/mol. The van der Waals surface area contributed by atoms with Gasteiger partial charge < -0.3 is 18.9 Å². The van der Waals surface area contributed by atoms with E-state index in [0.717, 1.165) is 23.3 Å². The molecule has 26 heavy (non-hydrogen) atoms. The van der Waals surface area contributed by atoms with Crippen LogP contribution < -0.4 is 9.47 Å². The molecule has 0 radical (unpaired) electrons. The van der Waals surface area contributed by atoms with E-state index in [4.69, 9.17) is 18.9 Å². The molecule has 0 aromatic heterocycles. The van der Waals surface area contributed by atoms with E-state index < -0.39 is 11.9 Å². The van der Waals surface area contributed by atoms with Crippen molar-refractivity contribution < 1.29 is 28.5 Å². The summed E-state index contributed by atoms with van der Waals surface area (Å²) in [5.74, 6) is 0.0792. The fourth-order valence-corrected chi connectivity index (χ4v) is 1.92. The quantitative estimate of drug-likeness (QED) is 0.390. The molecule has 134 valence electrons. The van der Waals surface area contributed by atoms with E-state index in [1.165, 1.54) is 0 Å². The summed E-state index contributed by atoms with van der Waals surface area (Å²) < 4.78 is 20.1. The lowest BCUT2D eigenvalue weighted by atomic mass is 10.1. The maximum atomic E-state index is 10.9. The molecule has 0 aliphatic carbocycles. The van der Waals surface area contributed by atoms with E-state index >= 15 is 0 Å². The van der Waals surface area contributed by atoms with Gasteiger partial charge in [0.2, 0.25) is 13.6 Å². The first-order valence-electron chi connectivity index (χ1n) is 7.67. The molecule has 0 saturated carbocycles. The van der Waals surface area contributed by atoms with Crippen LogP contribution in [0.1, 0.15) is 0 Å². The SMILES string of the molecule is C=CC(=O)OCOc1ccc(-c2ccc(OCOC(=O)C=C)cc2)cc1. The molecule has 0 atom stereocenters. The van der Waals surface area contributed by atoms with Crippen LogP contribution in [-0.2, 0) is 19.1 Å². The molecule has 0 heterocycles. The van der Waals surface area contributed by atoms with Crippen molar-refractivity contribution in [1.29, 1.82) is 0 Å². The Kier molecular flexibility index (Phi) is 7.00. The van der Waals surface area contributed by atoms with Crippen LogP contribution >= 0.6 is 0 Å². The van der Waals surface area contributed by atoms with Crippen LogP contribution in [0.5, 0.6) is 11.5 Å². The van der Waals surface area contributed by atoms with E-state index in [2.05, 4.69) is 13.2 Å². The van der Waals surface area contributed by atoms with Crippen LogP contribution in [0.25, 0.3) is 11.1 Å². The molecule has 2 rings (SSSR count). The standard InChI is InChI=1S/C20H18O6/c1-3-19(21)25-13-23-17-9-5-15(6-10-17)16-7-11-18(12-8-16)24-14-26-20(22)4-2/h3-12H,1-2,13-14H2. The molecular formula is C20H18O6. The average molecular weight is 354 g/mol. The van der Waals surface area contributed by atoms with E-state index in [-0.39, 0.29) is 13.6 Å². The Balaban J connectivity index is 1.88. The van der Waals surface area contributed by atoms with Crippen molar-refractivity contribution in [3.05, 3.63) is 73.8 Å². The van der Waals surface area contributed by atoms with Gasteiger partial charge in [0, 0.05) is 12.2 Å². The summed E-state index contributed by atoms with van der Waals surface area (Å²) in [6.45, 7) is 6.25. The summed E-state index contributed by atoms with van der Waals surface area (Å²) in [4.78, 5) is 21.8. The van der Waals surface area contributed by atoms with Gasteiger partial charge in [-0.2, -0.15) is 0 Å². The monoisotopic (exact) mass is 354 g/mol. The third-order valence-corrected chi connectivity index (χ3v) is 3.23. The zero-order valence-electron chi connectivity index (χ0n) is 14.1. The Morgan fingerprint density at radius 1 is 0.692 bits per heavy atom. The molecule has 2 aromatic rings. The lowest BCUT2D eigenvalue weighted by molar-refractivity contribution is -0.145. The topological polar surface area (TPSA) is 71.1 Å². The number of hydrogen-bond donors (Lipinski definition) is 0. The number of rotatable bonds is 9. The van der Waals surface area contributed by atoms with Crippen LogP contribution in [0.4, 0.5) is 0 Å². The van der Waals surface area contributed by atoms with Crippen molar-refractivity contribution in [3.8, 4) is 22.6 Å². The van der Waals surface area contributed by atoms with Gasteiger partial charge in [0.25, 0.3) is 0 Å². The van der Waals surface area contributed by atoms with Crippen molar-refractivity contribution in [2.45, 2.75) is 0 Å². The minimum absolute atomic E-state index is 0.174. The van der Waals surface area contributed by atoms with Gasteiger partial charge in [0.05, 0.1) is 0 Å². The van der Waals surface area contributed by atoms with Gasteiger partial charge in [-0.25, -0.2) is 9.59 Å². The van der Waals surface area contributed by atoms with E-state index in [1.807, 2.05) is 24.3 Å². The molecule has 0 fully saturated rings. The molecule has 0 aliphatic rings. The minimum Gasteiger partial charge on any atom is -0.457 e. The summed E-state index contributed by atoms with van der Waals surface area (Å²) in [6.07, 6.45) is 2.15. The summed E-state index contributed by atoms with van der Waals surface area (Å²) >= 11 is 0. The van der Waals surface area contributed by atoms with Crippen molar-refractivity contribution in [3.63, 3.8) is 0 Å². The van der Waals surface area contributed by atoms with Crippen LogP contribution in [0.2, 0.25) is 0 Å². The smallest absolute Gasteiger partial charge is 0.333 e. The number of carbonyl (C=O) groups excluding carboxylic acids is 2. The summed E-state index contributed by atoms with van der Waals surface area (Å²) in [7, 11) is 0. The predicted octanol–water partition coefficient (Wildman–Crippen LogP) is 3.48. The molecule has 0 aliphatic heterocycles. The number of benzene rings is 2. The van der Waals surface area contributed by atoms with Gasteiger partial charge in [-0.3, -0.25) is 0 Å². The lowest BCUT2D eigenvalue weighted by Gasteiger charge is -2.09. The first-order valence-corrected chi connectivity index (χ1v) is 7.67. The Morgan fingerprint density at radius 2 is 1.04 bits per heavy atom. The van der Waals surface area contributed by atoms with Crippen molar-refractivity contribution in [1.82, 2.24) is 0 Å². The molecule has 0 N–H and O–H groups in total. The van der Waals surface area contributed by atoms with Crippen LogP contribution in [0.3, 0.4) is 0 Å². The highest BCUT2D eigenvalue weighted by Gasteiger charge is 2.02. The molecule has 0 bridgehead atoms. The van der Waals surface area contributed by atoms with Crippen molar-refractivity contribution in [2.75, 3.05) is 13.6 Å². The second-order valence-electron chi connectivity index (χ2n) is 4.91. The Labute approximate surface area is 151 Å².